The fourth-order valence-corrected chi connectivity index (χ4v) is 4.37. The first-order chi connectivity index (χ1) is 15.4. The van der Waals surface area contributed by atoms with Crippen LogP contribution in [0.15, 0.2) is 96.3 Å². The van der Waals surface area contributed by atoms with E-state index < -0.39 is 21.8 Å². The van der Waals surface area contributed by atoms with Gasteiger partial charge in [0.05, 0.1) is 27.9 Å². The van der Waals surface area contributed by atoms with E-state index >= 15 is 0 Å². The smallest absolute Gasteiger partial charge is 0.285 e. The second kappa shape index (κ2) is 9.22. The average Bonchev–Trinajstić information content (AvgIpc) is 3.55. The molecular weight excluding hydrogens is 454 g/mol. The van der Waals surface area contributed by atoms with Crippen LogP contribution in [0.5, 0.6) is 0 Å². The third-order valence-corrected chi connectivity index (χ3v) is 6.37. The topological polar surface area (TPSA) is 131 Å². The normalized spacial score (nSPS) is 15.8. The largest absolute Gasteiger partial charge is 0.465 e. The van der Waals surface area contributed by atoms with Crippen LogP contribution in [0.1, 0.15) is 11.5 Å². The highest BCUT2D eigenvalue weighted by Crippen LogP contribution is 2.32. The molecule has 0 atom stereocenters. The summed E-state index contributed by atoms with van der Waals surface area (Å²) in [6.45, 7) is 0. The number of hydrogen-bond donors (Lipinski definition) is 2. The molecule has 0 bridgehead atoms. The number of sulfonamides is 1. The first kappa shape index (κ1) is 21.6. The third-order valence-electron chi connectivity index (χ3n) is 4.09. The number of rotatable bonds is 7. The van der Waals surface area contributed by atoms with Gasteiger partial charge in [-0.1, -0.05) is 30.0 Å². The number of furan rings is 2. The van der Waals surface area contributed by atoms with Gasteiger partial charge >= 0.3 is 0 Å². The van der Waals surface area contributed by atoms with Crippen LogP contribution in [0.3, 0.4) is 0 Å². The number of carbonyl (C=O) groups excluding carboxylic acids is 2. The van der Waals surface area contributed by atoms with Gasteiger partial charge in [0.1, 0.15) is 16.6 Å². The Kier molecular flexibility index (Phi) is 6.21. The summed E-state index contributed by atoms with van der Waals surface area (Å²) in [7, 11) is -4.00. The highest BCUT2D eigenvalue weighted by molar-refractivity contribution is 8.19. The molecule has 2 aromatic heterocycles. The Bertz CT molecular complexity index is 1320. The molecule has 9 nitrogen and oxygen atoms in total. The third kappa shape index (κ3) is 4.97. The van der Waals surface area contributed by atoms with Gasteiger partial charge in [-0.2, -0.15) is 0 Å². The van der Waals surface area contributed by atoms with Crippen molar-refractivity contribution in [2.75, 3.05) is 0 Å². The maximum atomic E-state index is 12.9. The molecule has 1 aliphatic rings. The van der Waals surface area contributed by atoms with Crippen molar-refractivity contribution < 1.29 is 26.8 Å². The quantitative estimate of drug-likeness (QED) is 0.402. The zero-order valence-corrected chi connectivity index (χ0v) is 17.9. The second-order valence-corrected chi connectivity index (χ2v) is 9.01. The van der Waals surface area contributed by atoms with E-state index in [1.165, 1.54) is 36.8 Å². The molecule has 3 aromatic rings. The standard InChI is InChI=1S/C21H15N3O6S2/c25-19(23-24-32(27,28)16-8-2-1-3-9-16)17(12-14-6-4-10-29-14)21-22-20(26)18(31-21)13-15-7-5-11-30-15/h1-13,24H,(H,23,25)/b17-12-,18-13-. The summed E-state index contributed by atoms with van der Waals surface area (Å²) in [5.74, 6) is -0.599. The first-order valence-corrected chi connectivity index (χ1v) is 11.4. The van der Waals surface area contributed by atoms with Crippen molar-refractivity contribution in [3.05, 3.63) is 89.1 Å². The lowest BCUT2D eigenvalue weighted by Gasteiger charge is -2.10. The fourth-order valence-electron chi connectivity index (χ4n) is 2.61. The summed E-state index contributed by atoms with van der Waals surface area (Å²) >= 11 is 0.959. The maximum absolute atomic E-state index is 12.9. The van der Waals surface area contributed by atoms with Gasteiger partial charge in [0, 0.05) is 6.08 Å². The molecule has 2 amide bonds. The van der Waals surface area contributed by atoms with E-state index in [-0.39, 0.29) is 20.4 Å². The lowest BCUT2D eigenvalue weighted by molar-refractivity contribution is -0.117. The first-order valence-electron chi connectivity index (χ1n) is 9.11. The van der Waals surface area contributed by atoms with Crippen molar-refractivity contribution >= 4 is 50.8 Å². The van der Waals surface area contributed by atoms with Crippen LogP contribution in [-0.2, 0) is 19.6 Å². The summed E-state index contributed by atoms with van der Waals surface area (Å²) in [5, 5.41) is 0.0839. The van der Waals surface area contributed by atoms with E-state index in [0.717, 1.165) is 11.8 Å². The van der Waals surface area contributed by atoms with E-state index in [2.05, 4.69) is 10.4 Å². The molecule has 32 heavy (non-hydrogen) atoms. The Morgan fingerprint density at radius 3 is 2.31 bits per heavy atom. The van der Waals surface area contributed by atoms with Gasteiger partial charge in [0.2, 0.25) is 0 Å². The van der Waals surface area contributed by atoms with Gasteiger partial charge in [-0.15, -0.1) is 4.83 Å². The number of benzene rings is 1. The minimum Gasteiger partial charge on any atom is -0.465 e. The molecule has 4 rings (SSSR count). The molecule has 0 aliphatic carbocycles. The molecule has 162 valence electrons. The van der Waals surface area contributed by atoms with Gasteiger partial charge in [0.15, 0.2) is 0 Å². The molecule has 1 aromatic carbocycles. The minimum absolute atomic E-state index is 0.0247. The molecule has 3 heterocycles. The predicted octanol–water partition coefficient (Wildman–Crippen LogP) is 2.98. The molecule has 0 fully saturated rings. The fraction of sp³-hybridized carbons (Fsp3) is 0. The van der Waals surface area contributed by atoms with Crippen molar-refractivity contribution in [1.29, 1.82) is 0 Å². The molecule has 11 heteroatoms. The number of thioether (sulfide) groups is 1. The SMILES string of the molecule is O=C1N=C(/C(=C\c2ccco2)C(=O)NNS(=O)(=O)c2ccccc2)S/C1=C\c1ccco1. The van der Waals surface area contributed by atoms with Gasteiger partial charge in [0.25, 0.3) is 21.8 Å². The molecule has 1 aliphatic heterocycles. The number of carbonyl (C=O) groups is 2. The molecule has 0 saturated carbocycles. The minimum atomic E-state index is -4.00. The summed E-state index contributed by atoms with van der Waals surface area (Å²) in [4.78, 5) is 31.4. The highest BCUT2D eigenvalue weighted by atomic mass is 32.2. The molecule has 0 spiro atoms. The van der Waals surface area contributed by atoms with Crippen LogP contribution < -0.4 is 10.3 Å². The van der Waals surface area contributed by atoms with Crippen molar-refractivity contribution in [1.82, 2.24) is 10.3 Å². The van der Waals surface area contributed by atoms with Crippen LogP contribution in [0.25, 0.3) is 12.2 Å². The Morgan fingerprint density at radius 2 is 1.66 bits per heavy atom. The van der Waals surface area contributed by atoms with Crippen LogP contribution in [-0.4, -0.2) is 25.3 Å². The van der Waals surface area contributed by atoms with Gasteiger partial charge < -0.3 is 8.83 Å². The monoisotopic (exact) mass is 469 g/mol. The van der Waals surface area contributed by atoms with Gasteiger partial charge in [-0.25, -0.2) is 13.4 Å². The lowest BCUT2D eigenvalue weighted by Crippen LogP contribution is -2.42. The average molecular weight is 470 g/mol. The molecule has 0 unspecified atom stereocenters. The van der Waals surface area contributed by atoms with Crippen molar-refractivity contribution in [2.45, 2.75) is 4.90 Å². The summed E-state index contributed by atoms with van der Waals surface area (Å²) in [6, 6.07) is 14.1. The van der Waals surface area contributed by atoms with Crippen LogP contribution in [0.2, 0.25) is 0 Å². The number of nitrogens with one attached hydrogen (secondary N) is 2. The Balaban J connectivity index is 1.57. The zero-order valence-electron chi connectivity index (χ0n) is 16.2. The summed E-state index contributed by atoms with van der Waals surface area (Å²) in [5.41, 5.74) is 2.10. The number of amides is 2. The van der Waals surface area contributed by atoms with Crippen molar-refractivity contribution in [2.24, 2.45) is 4.99 Å². The molecule has 2 N–H and O–H groups in total. The molecule has 0 radical (unpaired) electrons. The van der Waals surface area contributed by atoms with E-state index in [1.54, 1.807) is 42.5 Å². The second-order valence-electron chi connectivity index (χ2n) is 6.29. The van der Waals surface area contributed by atoms with Crippen LogP contribution in [0, 0.1) is 0 Å². The maximum Gasteiger partial charge on any atom is 0.285 e. The number of hydrazine groups is 1. The van der Waals surface area contributed by atoms with Gasteiger partial charge in [-0.05, 0) is 42.5 Å². The molecular formula is C21H15N3O6S2. The number of nitrogens with zero attached hydrogens (tertiary/aromatic N) is 1. The Labute approximate surface area is 186 Å². The van der Waals surface area contributed by atoms with E-state index in [1.807, 2.05) is 4.83 Å². The van der Waals surface area contributed by atoms with E-state index in [4.69, 9.17) is 8.83 Å². The number of aliphatic imine (C=N–C) groups is 1. The van der Waals surface area contributed by atoms with Gasteiger partial charge in [-0.3, -0.25) is 15.0 Å². The highest BCUT2D eigenvalue weighted by Gasteiger charge is 2.29. The Hall–Kier alpha value is -3.67. The summed E-state index contributed by atoms with van der Waals surface area (Å²) < 4.78 is 35.3. The van der Waals surface area contributed by atoms with Crippen LogP contribution >= 0.6 is 11.8 Å². The number of hydrogen-bond acceptors (Lipinski definition) is 7. The predicted molar refractivity (Wildman–Crippen MR) is 118 cm³/mol. The zero-order chi connectivity index (χ0) is 22.6. The van der Waals surface area contributed by atoms with Crippen molar-refractivity contribution in [3.8, 4) is 0 Å². The van der Waals surface area contributed by atoms with E-state index in [0.29, 0.717) is 11.5 Å². The molecule has 0 saturated heterocycles. The van der Waals surface area contributed by atoms with Crippen LogP contribution in [0.4, 0.5) is 0 Å². The lowest BCUT2D eigenvalue weighted by atomic mass is 10.2. The Morgan fingerprint density at radius 1 is 0.969 bits per heavy atom. The van der Waals surface area contributed by atoms with Crippen molar-refractivity contribution in [3.63, 3.8) is 0 Å². The summed E-state index contributed by atoms with van der Waals surface area (Å²) in [6.07, 6.45) is 5.74. The van der Waals surface area contributed by atoms with E-state index in [9.17, 15) is 18.0 Å².